The summed E-state index contributed by atoms with van der Waals surface area (Å²) < 4.78 is 35.7. The van der Waals surface area contributed by atoms with Crippen molar-refractivity contribution in [1.82, 2.24) is 9.78 Å². The van der Waals surface area contributed by atoms with Crippen LogP contribution in [0.4, 0.5) is 0 Å². The maximum absolute atomic E-state index is 12.8. The van der Waals surface area contributed by atoms with E-state index in [0.717, 1.165) is 6.26 Å². The van der Waals surface area contributed by atoms with Gasteiger partial charge >= 0.3 is 0 Å². The topological polar surface area (TPSA) is 108 Å². The van der Waals surface area contributed by atoms with Crippen LogP contribution in [0.3, 0.4) is 0 Å². The van der Waals surface area contributed by atoms with Crippen molar-refractivity contribution in [3.63, 3.8) is 0 Å². The second-order valence-electron chi connectivity index (χ2n) is 6.12. The first-order chi connectivity index (χ1) is 12.6. The molecule has 0 saturated heterocycles. The van der Waals surface area contributed by atoms with Crippen molar-refractivity contribution < 1.29 is 27.8 Å². The summed E-state index contributed by atoms with van der Waals surface area (Å²) in [6.07, 6.45) is 2.26. The van der Waals surface area contributed by atoms with Crippen molar-refractivity contribution in [1.29, 1.82) is 0 Å². The van der Waals surface area contributed by atoms with Gasteiger partial charge in [0.1, 0.15) is 17.1 Å². The molecule has 0 unspecified atom stereocenters. The largest absolute Gasteiger partial charge is 0.493 e. The van der Waals surface area contributed by atoms with Crippen molar-refractivity contribution in [3.05, 3.63) is 34.5 Å². The monoisotopic (exact) mass is 416 g/mol. The average molecular weight is 417 g/mol. The fourth-order valence-electron chi connectivity index (χ4n) is 2.41. The summed E-state index contributed by atoms with van der Waals surface area (Å²) in [5.74, 6) is -1.01. The number of rotatable bonds is 8. The van der Waals surface area contributed by atoms with Crippen molar-refractivity contribution in [3.8, 4) is 11.6 Å². The van der Waals surface area contributed by atoms with E-state index in [-0.39, 0.29) is 51.9 Å². The van der Waals surface area contributed by atoms with Crippen LogP contribution in [-0.2, 0) is 14.6 Å². The van der Waals surface area contributed by atoms with Gasteiger partial charge in [-0.15, -0.1) is 0 Å². The molecule has 1 aromatic heterocycles. The second-order valence-corrected chi connectivity index (χ2v) is 8.48. The Labute approximate surface area is 162 Å². The van der Waals surface area contributed by atoms with Crippen molar-refractivity contribution in [2.24, 2.45) is 0 Å². The van der Waals surface area contributed by atoms with Gasteiger partial charge in [0.15, 0.2) is 15.6 Å². The van der Waals surface area contributed by atoms with Crippen LogP contribution in [0.15, 0.2) is 23.2 Å². The smallest absolute Gasteiger partial charge is 0.221 e. The van der Waals surface area contributed by atoms with Crippen molar-refractivity contribution >= 4 is 27.2 Å². The molecular formula is C17H21ClN2O6S. The summed E-state index contributed by atoms with van der Waals surface area (Å²) in [6, 6.07) is 2.39. The molecular weight excluding hydrogens is 396 g/mol. The molecule has 0 atom stereocenters. The van der Waals surface area contributed by atoms with Gasteiger partial charge in [0.05, 0.1) is 23.9 Å². The van der Waals surface area contributed by atoms with E-state index >= 15 is 0 Å². The fourth-order valence-corrected chi connectivity index (χ4v) is 3.58. The van der Waals surface area contributed by atoms with Gasteiger partial charge in [-0.3, -0.25) is 4.79 Å². The number of ether oxygens (including phenoxy) is 2. The molecule has 0 bridgehead atoms. The molecule has 0 aliphatic carbocycles. The third-order valence-electron chi connectivity index (χ3n) is 3.74. The van der Waals surface area contributed by atoms with E-state index in [2.05, 4.69) is 5.10 Å². The number of halogens is 1. The summed E-state index contributed by atoms with van der Waals surface area (Å²) in [4.78, 5) is 12.7. The van der Waals surface area contributed by atoms with E-state index in [4.69, 9.17) is 21.1 Å². The predicted molar refractivity (Wildman–Crippen MR) is 99.6 cm³/mol. The number of benzene rings is 1. The Balaban J connectivity index is 2.54. The number of aromatic nitrogens is 2. The van der Waals surface area contributed by atoms with Crippen LogP contribution in [0.25, 0.3) is 0 Å². The minimum atomic E-state index is -3.64. The number of ketones is 1. The van der Waals surface area contributed by atoms with Crippen LogP contribution in [0.5, 0.6) is 11.6 Å². The van der Waals surface area contributed by atoms with E-state index < -0.39 is 15.6 Å². The van der Waals surface area contributed by atoms with Crippen molar-refractivity contribution in [2.75, 3.05) is 26.6 Å². The molecule has 0 radical (unpaired) electrons. The van der Waals surface area contributed by atoms with Crippen LogP contribution < -0.4 is 4.74 Å². The molecule has 8 nitrogen and oxygen atoms in total. The summed E-state index contributed by atoms with van der Waals surface area (Å²) in [6.45, 7) is 3.86. The third kappa shape index (κ3) is 4.42. The van der Waals surface area contributed by atoms with Gasteiger partial charge in [-0.1, -0.05) is 11.6 Å². The highest BCUT2D eigenvalue weighted by molar-refractivity contribution is 7.90. The summed E-state index contributed by atoms with van der Waals surface area (Å²) >= 11 is 6.31. The zero-order valence-corrected chi connectivity index (χ0v) is 17.0. The second kappa shape index (κ2) is 8.28. The van der Waals surface area contributed by atoms with E-state index in [1.807, 2.05) is 0 Å². The SMILES string of the molecule is COCCOc1c(S(C)(=O)=O)ccc(C(=O)c2cnn(C(C)C)c2O)c1Cl. The van der Waals surface area contributed by atoms with E-state index in [9.17, 15) is 18.3 Å². The number of nitrogens with zero attached hydrogens (tertiary/aromatic N) is 2. The highest BCUT2D eigenvalue weighted by atomic mass is 35.5. The summed E-state index contributed by atoms with van der Waals surface area (Å²) in [5.41, 5.74) is -0.0457. The molecule has 0 saturated carbocycles. The molecule has 0 fully saturated rings. The van der Waals surface area contributed by atoms with Crippen LogP contribution in [0.1, 0.15) is 35.8 Å². The Morgan fingerprint density at radius 3 is 2.48 bits per heavy atom. The Morgan fingerprint density at radius 2 is 1.96 bits per heavy atom. The van der Waals surface area contributed by atoms with Gasteiger partial charge in [0, 0.05) is 18.9 Å². The lowest BCUT2D eigenvalue weighted by Gasteiger charge is -2.14. The zero-order chi connectivity index (χ0) is 20.4. The van der Waals surface area contributed by atoms with Crippen molar-refractivity contribution in [2.45, 2.75) is 24.8 Å². The number of aromatic hydroxyl groups is 1. The maximum Gasteiger partial charge on any atom is 0.221 e. The fraction of sp³-hybridized carbons (Fsp3) is 0.412. The average Bonchev–Trinajstić information content (AvgIpc) is 2.96. The Kier molecular flexibility index (Phi) is 6.50. The highest BCUT2D eigenvalue weighted by Gasteiger charge is 2.26. The lowest BCUT2D eigenvalue weighted by Crippen LogP contribution is -2.11. The van der Waals surface area contributed by atoms with E-state index in [1.54, 1.807) is 13.8 Å². The van der Waals surface area contributed by atoms with Gasteiger partial charge in [-0.05, 0) is 26.0 Å². The first-order valence-electron chi connectivity index (χ1n) is 8.05. The quantitative estimate of drug-likeness (QED) is 0.520. The zero-order valence-electron chi connectivity index (χ0n) is 15.4. The molecule has 1 N–H and O–H groups in total. The molecule has 10 heteroatoms. The number of carbonyl (C=O) groups excluding carboxylic acids is 1. The van der Waals surface area contributed by atoms with Crippen LogP contribution in [0, 0.1) is 0 Å². The first-order valence-corrected chi connectivity index (χ1v) is 10.3. The summed E-state index contributed by atoms with van der Waals surface area (Å²) in [5, 5.41) is 14.1. The Hall–Kier alpha value is -2.10. The normalized spacial score (nSPS) is 11.8. The lowest BCUT2D eigenvalue weighted by atomic mass is 10.1. The van der Waals surface area contributed by atoms with Crippen LogP contribution in [-0.4, -0.2) is 55.7 Å². The Morgan fingerprint density at radius 1 is 1.30 bits per heavy atom. The van der Waals surface area contributed by atoms with Gasteiger partial charge in [0.2, 0.25) is 11.7 Å². The molecule has 0 aliphatic heterocycles. The minimum absolute atomic E-state index is 0.00455. The molecule has 27 heavy (non-hydrogen) atoms. The van der Waals surface area contributed by atoms with Gasteiger partial charge in [-0.25, -0.2) is 13.1 Å². The number of hydrogen-bond donors (Lipinski definition) is 1. The Bertz CT molecular complexity index is 953. The van der Waals surface area contributed by atoms with Crippen LogP contribution >= 0.6 is 11.6 Å². The summed E-state index contributed by atoms with van der Waals surface area (Å²) in [7, 11) is -2.17. The number of hydrogen-bond acceptors (Lipinski definition) is 7. The molecule has 2 aromatic rings. The van der Waals surface area contributed by atoms with E-state index in [1.165, 1.54) is 30.1 Å². The maximum atomic E-state index is 12.8. The molecule has 2 rings (SSSR count). The number of sulfone groups is 1. The van der Waals surface area contributed by atoms with E-state index in [0.29, 0.717) is 0 Å². The standard InChI is InChI=1S/C17H21ClN2O6S/c1-10(2)20-17(22)12(9-19-20)15(21)11-5-6-13(27(4,23)24)16(14(11)18)26-8-7-25-3/h5-6,9-10,22H,7-8H2,1-4H3. The molecule has 0 aliphatic rings. The lowest BCUT2D eigenvalue weighted by molar-refractivity contribution is 0.103. The third-order valence-corrected chi connectivity index (χ3v) is 5.24. The minimum Gasteiger partial charge on any atom is -0.493 e. The molecule has 0 amide bonds. The number of carbonyl (C=O) groups is 1. The molecule has 148 valence electrons. The van der Waals surface area contributed by atoms with Gasteiger partial charge < -0.3 is 14.6 Å². The highest BCUT2D eigenvalue weighted by Crippen LogP contribution is 2.37. The molecule has 1 aromatic carbocycles. The first kappa shape index (κ1) is 21.2. The predicted octanol–water partition coefficient (Wildman–Crippen LogP) is 2.48. The number of methoxy groups -OCH3 is 1. The van der Waals surface area contributed by atoms with Gasteiger partial charge in [0.25, 0.3) is 0 Å². The molecule has 1 heterocycles. The van der Waals surface area contributed by atoms with Crippen LogP contribution in [0.2, 0.25) is 5.02 Å². The van der Waals surface area contributed by atoms with Gasteiger partial charge in [-0.2, -0.15) is 5.10 Å². The molecule has 0 spiro atoms.